The summed E-state index contributed by atoms with van der Waals surface area (Å²) in [5.41, 5.74) is 0. The van der Waals surface area contributed by atoms with Gasteiger partial charge in [-0.25, -0.2) is 0 Å². The fourth-order valence-corrected chi connectivity index (χ4v) is 4.19. The molecule has 0 aromatic carbocycles. The number of hydrogen-bond donors (Lipinski definition) is 2. The van der Waals surface area contributed by atoms with Crippen molar-refractivity contribution in [3.05, 3.63) is 0 Å². The van der Waals surface area contributed by atoms with Crippen LogP contribution >= 0.6 is 0 Å². The van der Waals surface area contributed by atoms with Gasteiger partial charge in [-0.05, 0) is 6.42 Å². The van der Waals surface area contributed by atoms with Gasteiger partial charge in [0.05, 0.1) is 5.75 Å². The predicted octanol–water partition coefficient (Wildman–Crippen LogP) is 2.27. The molecule has 0 heterocycles. The van der Waals surface area contributed by atoms with Crippen LogP contribution in [-0.4, -0.2) is 36.9 Å². The molecule has 0 amide bonds. The van der Waals surface area contributed by atoms with E-state index in [9.17, 15) is 16.8 Å². The van der Waals surface area contributed by atoms with Crippen molar-refractivity contribution in [2.24, 2.45) is 0 Å². The van der Waals surface area contributed by atoms with Crippen molar-refractivity contribution >= 4 is 20.2 Å². The molecule has 0 rings (SSSR count). The van der Waals surface area contributed by atoms with E-state index < -0.39 is 31.2 Å². The van der Waals surface area contributed by atoms with E-state index in [1.165, 1.54) is 6.42 Å². The van der Waals surface area contributed by atoms with Crippen molar-refractivity contribution in [2.45, 2.75) is 63.5 Å². The van der Waals surface area contributed by atoms with Crippen LogP contribution in [0.4, 0.5) is 0 Å². The standard InChI is InChI=1S/C11H24O6S2/c1-2-3-4-5-6-7-8-9-11(19(15,16)17)10-18(12,13)14/h11H,2-10H2,1H3,(H,12,13,14)(H,15,16,17). The average molecular weight is 316 g/mol. The number of unbranched alkanes of at least 4 members (excludes halogenated alkanes) is 6. The highest BCUT2D eigenvalue weighted by molar-refractivity contribution is 7.90. The molecule has 116 valence electrons. The van der Waals surface area contributed by atoms with E-state index in [0.29, 0.717) is 6.42 Å². The molecule has 0 saturated heterocycles. The van der Waals surface area contributed by atoms with Crippen molar-refractivity contribution in [3.63, 3.8) is 0 Å². The van der Waals surface area contributed by atoms with Gasteiger partial charge in [0.15, 0.2) is 0 Å². The lowest BCUT2D eigenvalue weighted by molar-refractivity contribution is 0.448. The summed E-state index contributed by atoms with van der Waals surface area (Å²) in [6.07, 6.45) is 6.87. The average Bonchev–Trinajstić information content (AvgIpc) is 2.23. The molecule has 0 aliphatic carbocycles. The first-order valence-corrected chi connectivity index (χ1v) is 9.69. The zero-order valence-corrected chi connectivity index (χ0v) is 12.9. The minimum atomic E-state index is -4.44. The van der Waals surface area contributed by atoms with E-state index in [-0.39, 0.29) is 6.42 Å². The van der Waals surface area contributed by atoms with Crippen LogP contribution in [-0.2, 0) is 20.2 Å². The Labute approximate surface area is 116 Å². The first-order chi connectivity index (χ1) is 8.67. The van der Waals surface area contributed by atoms with E-state index in [1.54, 1.807) is 0 Å². The minimum absolute atomic E-state index is 0.0480. The van der Waals surface area contributed by atoms with Crippen LogP contribution in [0.5, 0.6) is 0 Å². The van der Waals surface area contributed by atoms with E-state index >= 15 is 0 Å². The smallest absolute Gasteiger partial charge is 0.268 e. The highest BCUT2D eigenvalue weighted by atomic mass is 32.2. The van der Waals surface area contributed by atoms with Gasteiger partial charge in [0, 0.05) is 0 Å². The third kappa shape index (κ3) is 11.4. The molecule has 8 heteroatoms. The first-order valence-electron chi connectivity index (χ1n) is 6.58. The Morgan fingerprint density at radius 1 is 0.842 bits per heavy atom. The van der Waals surface area contributed by atoms with Gasteiger partial charge in [-0.3, -0.25) is 9.11 Å². The molecule has 0 radical (unpaired) electrons. The Morgan fingerprint density at radius 2 is 1.32 bits per heavy atom. The van der Waals surface area contributed by atoms with Gasteiger partial charge in [-0.15, -0.1) is 0 Å². The highest BCUT2D eigenvalue weighted by Gasteiger charge is 2.27. The molecule has 19 heavy (non-hydrogen) atoms. The van der Waals surface area contributed by atoms with Crippen molar-refractivity contribution in [3.8, 4) is 0 Å². The summed E-state index contributed by atoms with van der Waals surface area (Å²) in [6, 6.07) is 0. The van der Waals surface area contributed by atoms with E-state index in [4.69, 9.17) is 9.11 Å². The molecule has 0 saturated carbocycles. The van der Waals surface area contributed by atoms with Gasteiger partial charge in [-0.1, -0.05) is 51.9 Å². The van der Waals surface area contributed by atoms with Crippen LogP contribution in [0.1, 0.15) is 58.3 Å². The quantitative estimate of drug-likeness (QED) is 0.447. The van der Waals surface area contributed by atoms with Crippen molar-refractivity contribution < 1.29 is 25.9 Å². The molecule has 0 spiro atoms. The molecule has 0 bridgehead atoms. The third-order valence-electron chi connectivity index (χ3n) is 2.95. The SMILES string of the molecule is CCCCCCCCCC(CS(=O)(=O)O)S(=O)(=O)O. The van der Waals surface area contributed by atoms with Crippen molar-refractivity contribution in [2.75, 3.05) is 5.75 Å². The van der Waals surface area contributed by atoms with Crippen LogP contribution < -0.4 is 0 Å². The van der Waals surface area contributed by atoms with E-state index in [0.717, 1.165) is 32.1 Å². The largest absolute Gasteiger partial charge is 0.286 e. The molecule has 1 unspecified atom stereocenters. The molecule has 0 fully saturated rings. The summed E-state index contributed by atoms with van der Waals surface area (Å²) in [5.74, 6) is -0.943. The highest BCUT2D eigenvalue weighted by Crippen LogP contribution is 2.14. The van der Waals surface area contributed by atoms with Gasteiger partial charge in [0.2, 0.25) is 0 Å². The molecule has 0 aromatic rings. The Hall–Kier alpha value is -0.180. The van der Waals surface area contributed by atoms with Crippen LogP contribution in [0.15, 0.2) is 0 Å². The maximum Gasteiger partial charge on any atom is 0.268 e. The summed E-state index contributed by atoms with van der Waals surface area (Å²) >= 11 is 0. The zero-order valence-electron chi connectivity index (χ0n) is 11.3. The summed E-state index contributed by atoms with van der Waals surface area (Å²) in [5, 5.41) is -1.43. The van der Waals surface area contributed by atoms with Crippen LogP contribution in [0.25, 0.3) is 0 Å². The van der Waals surface area contributed by atoms with Crippen molar-refractivity contribution in [1.82, 2.24) is 0 Å². The van der Waals surface area contributed by atoms with E-state index in [2.05, 4.69) is 6.92 Å². The summed E-state index contributed by atoms with van der Waals surface area (Å²) in [4.78, 5) is 0. The summed E-state index contributed by atoms with van der Waals surface area (Å²) in [7, 11) is -8.84. The zero-order chi connectivity index (χ0) is 14.9. The van der Waals surface area contributed by atoms with Gasteiger partial charge in [0.1, 0.15) is 5.25 Å². The third-order valence-corrected chi connectivity index (χ3v) is 5.23. The molecule has 6 nitrogen and oxygen atoms in total. The predicted molar refractivity (Wildman–Crippen MR) is 74.4 cm³/mol. The monoisotopic (exact) mass is 316 g/mol. The van der Waals surface area contributed by atoms with Crippen LogP contribution in [0.2, 0.25) is 0 Å². The maximum absolute atomic E-state index is 11.0. The van der Waals surface area contributed by atoms with Gasteiger partial charge < -0.3 is 0 Å². The molecule has 1 atom stereocenters. The first kappa shape index (κ1) is 18.8. The Kier molecular flexibility index (Phi) is 8.80. The molecule has 0 aromatic heterocycles. The van der Waals surface area contributed by atoms with Crippen LogP contribution in [0.3, 0.4) is 0 Å². The Bertz CT molecular complexity index is 426. The lowest BCUT2D eigenvalue weighted by atomic mass is 10.1. The second-order valence-corrected chi connectivity index (χ2v) is 7.99. The molecule has 0 aliphatic heterocycles. The summed E-state index contributed by atoms with van der Waals surface area (Å²) < 4.78 is 60.9. The fraction of sp³-hybridized carbons (Fsp3) is 1.00. The van der Waals surface area contributed by atoms with Gasteiger partial charge in [0.25, 0.3) is 20.2 Å². The lowest BCUT2D eigenvalue weighted by Gasteiger charge is -2.11. The van der Waals surface area contributed by atoms with E-state index in [1.807, 2.05) is 0 Å². The maximum atomic E-state index is 11.0. The molecular formula is C11H24O6S2. The second kappa shape index (κ2) is 8.89. The molecular weight excluding hydrogens is 292 g/mol. The second-order valence-electron chi connectivity index (χ2n) is 4.80. The normalized spacial score (nSPS) is 14.5. The molecule has 0 aliphatic rings. The molecule has 2 N–H and O–H groups in total. The number of hydrogen-bond acceptors (Lipinski definition) is 4. The van der Waals surface area contributed by atoms with Crippen LogP contribution in [0, 0.1) is 0 Å². The lowest BCUT2D eigenvalue weighted by Crippen LogP contribution is -2.29. The van der Waals surface area contributed by atoms with Gasteiger partial charge >= 0.3 is 0 Å². The Balaban J connectivity index is 4.03. The Morgan fingerprint density at radius 3 is 1.74 bits per heavy atom. The summed E-state index contributed by atoms with van der Waals surface area (Å²) in [6.45, 7) is 2.12. The topological polar surface area (TPSA) is 109 Å². The number of rotatable bonds is 11. The van der Waals surface area contributed by atoms with Gasteiger partial charge in [-0.2, -0.15) is 16.8 Å². The fourth-order valence-electron chi connectivity index (χ4n) is 1.88. The van der Waals surface area contributed by atoms with Crippen molar-refractivity contribution in [1.29, 1.82) is 0 Å². The minimum Gasteiger partial charge on any atom is -0.286 e.